The first-order valence-electron chi connectivity index (χ1n) is 5.23. The van der Waals surface area contributed by atoms with Gasteiger partial charge in [0.2, 0.25) is 0 Å². The highest BCUT2D eigenvalue weighted by atomic mass is 32.2. The molecule has 0 bridgehead atoms. The van der Waals surface area contributed by atoms with Gasteiger partial charge >= 0.3 is 0 Å². The molecule has 1 aromatic rings. The molecule has 0 atom stereocenters. The van der Waals surface area contributed by atoms with E-state index in [1.165, 1.54) is 10.6 Å². The van der Waals surface area contributed by atoms with Crippen LogP contribution in [0.3, 0.4) is 0 Å². The minimum absolute atomic E-state index is 0.986. The molecule has 1 aliphatic heterocycles. The van der Waals surface area contributed by atoms with Gasteiger partial charge in [-0.15, -0.1) is 11.8 Å². The van der Waals surface area contributed by atoms with Crippen LogP contribution in [0.25, 0.3) is 0 Å². The Labute approximate surface area is 95.4 Å². The summed E-state index contributed by atoms with van der Waals surface area (Å²) in [4.78, 5) is 6.77. The predicted molar refractivity (Wildman–Crippen MR) is 67.5 cm³/mol. The third kappa shape index (κ3) is 3.36. The summed E-state index contributed by atoms with van der Waals surface area (Å²) in [6, 6.07) is 10.6. The Balaban J connectivity index is 1.84. The van der Waals surface area contributed by atoms with Crippen molar-refractivity contribution in [2.75, 3.05) is 25.9 Å². The van der Waals surface area contributed by atoms with Gasteiger partial charge in [0.15, 0.2) is 0 Å². The van der Waals surface area contributed by atoms with E-state index in [4.69, 9.17) is 0 Å². The van der Waals surface area contributed by atoms with Gasteiger partial charge in [0, 0.05) is 25.4 Å². The Hall–Kier alpha value is -0.800. The van der Waals surface area contributed by atoms with Gasteiger partial charge in [-0.1, -0.05) is 30.3 Å². The molecule has 1 aliphatic rings. The highest BCUT2D eigenvalue weighted by molar-refractivity contribution is 8.14. The molecule has 2 rings (SSSR count). The van der Waals surface area contributed by atoms with Crippen molar-refractivity contribution in [1.82, 2.24) is 4.90 Å². The zero-order valence-electron chi connectivity index (χ0n) is 9.02. The first-order chi connectivity index (χ1) is 7.34. The molecule has 1 heterocycles. The van der Waals surface area contributed by atoms with Crippen molar-refractivity contribution in [3.8, 4) is 0 Å². The van der Waals surface area contributed by atoms with Gasteiger partial charge in [-0.05, 0) is 12.6 Å². The highest BCUT2D eigenvalue weighted by Gasteiger charge is 2.09. The number of thioether (sulfide) groups is 1. The second-order valence-electron chi connectivity index (χ2n) is 3.78. The van der Waals surface area contributed by atoms with Crippen LogP contribution in [-0.4, -0.2) is 35.8 Å². The molecule has 0 spiro atoms. The van der Waals surface area contributed by atoms with Crippen molar-refractivity contribution in [2.24, 2.45) is 4.99 Å². The molecular formula is C12H16N2S. The van der Waals surface area contributed by atoms with Crippen LogP contribution < -0.4 is 0 Å². The summed E-state index contributed by atoms with van der Waals surface area (Å²) in [5, 5.41) is 1.29. The molecule has 2 nitrogen and oxygen atoms in total. The fourth-order valence-electron chi connectivity index (χ4n) is 1.66. The third-order valence-corrected chi connectivity index (χ3v) is 3.33. The molecule has 0 aliphatic carbocycles. The maximum atomic E-state index is 4.46. The Morgan fingerprint density at radius 2 is 2.07 bits per heavy atom. The van der Waals surface area contributed by atoms with Crippen molar-refractivity contribution >= 4 is 16.8 Å². The van der Waals surface area contributed by atoms with E-state index in [0.29, 0.717) is 0 Å². The van der Waals surface area contributed by atoms with E-state index in [9.17, 15) is 0 Å². The summed E-state index contributed by atoms with van der Waals surface area (Å²) in [5.41, 5.74) is 1.36. The van der Waals surface area contributed by atoms with Gasteiger partial charge in [-0.25, -0.2) is 0 Å². The lowest BCUT2D eigenvalue weighted by Gasteiger charge is -2.16. The standard InChI is InChI=1S/C12H16N2S/c1-14(10-12-13-7-8-15-12)9-11-5-3-2-4-6-11/h2-6H,7-10H2,1H3. The average Bonchev–Trinajstić information content (AvgIpc) is 2.71. The maximum absolute atomic E-state index is 4.46. The molecule has 80 valence electrons. The molecular weight excluding hydrogens is 204 g/mol. The molecule has 0 unspecified atom stereocenters. The quantitative estimate of drug-likeness (QED) is 0.773. The first kappa shape index (κ1) is 10.7. The lowest BCUT2D eigenvalue weighted by atomic mass is 10.2. The van der Waals surface area contributed by atoms with E-state index >= 15 is 0 Å². The van der Waals surface area contributed by atoms with E-state index in [1.807, 2.05) is 11.8 Å². The van der Waals surface area contributed by atoms with Crippen molar-refractivity contribution in [2.45, 2.75) is 6.54 Å². The minimum Gasteiger partial charge on any atom is -0.296 e. The monoisotopic (exact) mass is 220 g/mol. The van der Waals surface area contributed by atoms with Crippen LogP contribution in [0.5, 0.6) is 0 Å². The van der Waals surface area contributed by atoms with Crippen LogP contribution >= 0.6 is 11.8 Å². The van der Waals surface area contributed by atoms with Crippen molar-refractivity contribution in [1.29, 1.82) is 0 Å². The summed E-state index contributed by atoms with van der Waals surface area (Å²) < 4.78 is 0. The van der Waals surface area contributed by atoms with E-state index in [2.05, 4.69) is 47.3 Å². The zero-order valence-corrected chi connectivity index (χ0v) is 9.83. The molecule has 15 heavy (non-hydrogen) atoms. The maximum Gasteiger partial charge on any atom is 0.0817 e. The fourth-order valence-corrected chi connectivity index (χ4v) is 2.57. The van der Waals surface area contributed by atoms with Gasteiger partial charge in [0.25, 0.3) is 0 Å². The minimum atomic E-state index is 0.986. The van der Waals surface area contributed by atoms with E-state index in [-0.39, 0.29) is 0 Å². The van der Waals surface area contributed by atoms with Crippen LogP contribution in [0.1, 0.15) is 5.56 Å². The number of benzene rings is 1. The summed E-state index contributed by atoms with van der Waals surface area (Å²) >= 11 is 1.89. The predicted octanol–water partition coefficient (Wildman–Crippen LogP) is 2.26. The zero-order chi connectivity index (χ0) is 10.5. The average molecular weight is 220 g/mol. The number of nitrogens with zero attached hydrogens (tertiary/aromatic N) is 2. The molecule has 0 saturated carbocycles. The van der Waals surface area contributed by atoms with Crippen LogP contribution in [0.2, 0.25) is 0 Å². The lowest BCUT2D eigenvalue weighted by Crippen LogP contribution is -2.23. The summed E-state index contributed by atoms with van der Waals surface area (Å²) in [7, 11) is 2.15. The normalized spacial score (nSPS) is 15.7. The molecule has 0 saturated heterocycles. The summed E-state index contributed by atoms with van der Waals surface area (Å²) in [5.74, 6) is 1.16. The third-order valence-electron chi connectivity index (χ3n) is 2.35. The van der Waals surface area contributed by atoms with Crippen LogP contribution in [0.15, 0.2) is 35.3 Å². The van der Waals surface area contributed by atoms with Crippen LogP contribution in [-0.2, 0) is 6.54 Å². The van der Waals surface area contributed by atoms with E-state index < -0.39 is 0 Å². The molecule has 0 fully saturated rings. The smallest absolute Gasteiger partial charge is 0.0817 e. The molecule has 0 amide bonds. The van der Waals surface area contributed by atoms with Gasteiger partial charge in [-0.2, -0.15) is 0 Å². The van der Waals surface area contributed by atoms with Crippen molar-refractivity contribution < 1.29 is 0 Å². The Morgan fingerprint density at radius 3 is 2.73 bits per heavy atom. The van der Waals surface area contributed by atoms with E-state index in [0.717, 1.165) is 25.4 Å². The largest absolute Gasteiger partial charge is 0.296 e. The second-order valence-corrected chi connectivity index (χ2v) is 4.95. The van der Waals surface area contributed by atoms with Gasteiger partial charge in [-0.3, -0.25) is 9.89 Å². The van der Waals surface area contributed by atoms with Gasteiger partial charge < -0.3 is 0 Å². The van der Waals surface area contributed by atoms with Crippen molar-refractivity contribution in [3.05, 3.63) is 35.9 Å². The topological polar surface area (TPSA) is 15.6 Å². The number of rotatable bonds is 4. The first-order valence-corrected chi connectivity index (χ1v) is 6.22. The number of hydrogen-bond acceptors (Lipinski definition) is 3. The Bertz CT molecular complexity index is 335. The van der Waals surface area contributed by atoms with Crippen LogP contribution in [0, 0.1) is 0 Å². The molecule has 0 radical (unpaired) electrons. The summed E-state index contributed by atoms with van der Waals surface area (Å²) in [6.07, 6.45) is 0. The number of aliphatic imine (C=N–C) groups is 1. The second kappa shape index (κ2) is 5.33. The SMILES string of the molecule is CN(CC1=NCCS1)Cc1ccccc1. The molecule has 3 heteroatoms. The number of hydrogen-bond donors (Lipinski definition) is 0. The van der Waals surface area contributed by atoms with Crippen molar-refractivity contribution in [3.63, 3.8) is 0 Å². The molecule has 0 N–H and O–H groups in total. The molecule has 0 aromatic heterocycles. The Morgan fingerprint density at radius 1 is 1.27 bits per heavy atom. The highest BCUT2D eigenvalue weighted by Crippen LogP contribution is 2.13. The van der Waals surface area contributed by atoms with Crippen LogP contribution in [0.4, 0.5) is 0 Å². The summed E-state index contributed by atoms with van der Waals surface area (Å²) in [6.45, 7) is 2.99. The van der Waals surface area contributed by atoms with E-state index in [1.54, 1.807) is 0 Å². The lowest BCUT2D eigenvalue weighted by molar-refractivity contribution is 0.376. The van der Waals surface area contributed by atoms with Gasteiger partial charge in [0.05, 0.1) is 5.04 Å². The fraction of sp³-hybridized carbons (Fsp3) is 0.417. The Kier molecular flexibility index (Phi) is 3.80. The molecule has 1 aromatic carbocycles. The van der Waals surface area contributed by atoms with Gasteiger partial charge in [0.1, 0.15) is 0 Å².